The summed E-state index contributed by atoms with van der Waals surface area (Å²) in [6.07, 6.45) is 0.787. The Balaban J connectivity index is 1.99. The summed E-state index contributed by atoms with van der Waals surface area (Å²) in [6.45, 7) is 2.02. The van der Waals surface area contributed by atoms with Crippen LogP contribution in [0.1, 0.15) is 24.9 Å². The van der Waals surface area contributed by atoms with Gasteiger partial charge < -0.3 is 10.6 Å². The zero-order valence-electron chi connectivity index (χ0n) is 11.6. The predicted molar refractivity (Wildman–Crippen MR) is 88.1 cm³/mol. The third-order valence-electron chi connectivity index (χ3n) is 3.09. The van der Waals surface area contributed by atoms with Crippen LogP contribution in [0.2, 0.25) is 10.0 Å². The van der Waals surface area contributed by atoms with Crippen LogP contribution >= 0.6 is 23.2 Å². The second-order valence-electron chi connectivity index (χ2n) is 4.62. The molecule has 2 N–H and O–H groups in total. The molecule has 0 saturated heterocycles. The minimum absolute atomic E-state index is 0.0606. The largest absolute Gasteiger partial charge is 0.331 e. The van der Waals surface area contributed by atoms with Crippen LogP contribution in [0.5, 0.6) is 0 Å². The minimum atomic E-state index is -0.251. The van der Waals surface area contributed by atoms with Gasteiger partial charge in [0.05, 0.1) is 6.04 Å². The number of hydrogen-bond donors (Lipinski definition) is 2. The van der Waals surface area contributed by atoms with Crippen molar-refractivity contribution in [2.24, 2.45) is 0 Å². The molecule has 0 aliphatic rings. The van der Waals surface area contributed by atoms with Crippen molar-refractivity contribution in [2.45, 2.75) is 19.4 Å². The van der Waals surface area contributed by atoms with Crippen LogP contribution < -0.4 is 10.6 Å². The molecule has 0 radical (unpaired) electrons. The van der Waals surface area contributed by atoms with Gasteiger partial charge in [0, 0.05) is 15.7 Å². The van der Waals surface area contributed by atoms with Crippen LogP contribution in [0.3, 0.4) is 0 Å². The smallest absolute Gasteiger partial charge is 0.319 e. The highest BCUT2D eigenvalue weighted by atomic mass is 35.5. The molecule has 0 bridgehead atoms. The number of benzene rings is 2. The Morgan fingerprint density at radius 3 is 2.05 bits per heavy atom. The monoisotopic (exact) mass is 322 g/mol. The molecule has 2 amide bonds. The first-order chi connectivity index (χ1) is 10.1. The summed E-state index contributed by atoms with van der Waals surface area (Å²) in [5, 5.41) is 7.03. The minimum Gasteiger partial charge on any atom is -0.331 e. The number of rotatable bonds is 4. The molecule has 0 aromatic heterocycles. The van der Waals surface area contributed by atoms with Crippen molar-refractivity contribution < 1.29 is 4.79 Å². The third-order valence-corrected chi connectivity index (χ3v) is 3.59. The summed E-state index contributed by atoms with van der Waals surface area (Å²) in [6, 6.07) is 14.1. The van der Waals surface area contributed by atoms with Crippen LogP contribution in [0.25, 0.3) is 0 Å². The first-order valence-electron chi connectivity index (χ1n) is 6.67. The van der Waals surface area contributed by atoms with Crippen LogP contribution in [-0.2, 0) is 0 Å². The van der Waals surface area contributed by atoms with Gasteiger partial charge in [-0.1, -0.05) is 42.3 Å². The topological polar surface area (TPSA) is 41.1 Å². The number of anilines is 1. The molecule has 21 heavy (non-hydrogen) atoms. The number of carbonyl (C=O) groups excluding carboxylic acids is 1. The Morgan fingerprint density at radius 1 is 1.00 bits per heavy atom. The molecule has 5 heteroatoms. The van der Waals surface area contributed by atoms with Gasteiger partial charge in [-0.3, -0.25) is 0 Å². The number of nitrogens with one attached hydrogen (secondary N) is 2. The normalized spacial score (nSPS) is 11.8. The molecule has 0 aliphatic heterocycles. The molecule has 0 spiro atoms. The van der Waals surface area contributed by atoms with E-state index in [0.29, 0.717) is 15.7 Å². The van der Waals surface area contributed by atoms with E-state index in [0.717, 1.165) is 12.0 Å². The van der Waals surface area contributed by atoms with E-state index in [2.05, 4.69) is 10.6 Å². The van der Waals surface area contributed by atoms with E-state index in [9.17, 15) is 4.79 Å². The van der Waals surface area contributed by atoms with Gasteiger partial charge in [-0.15, -0.1) is 0 Å². The molecule has 3 nitrogen and oxygen atoms in total. The zero-order valence-corrected chi connectivity index (χ0v) is 13.1. The molecule has 0 unspecified atom stereocenters. The lowest BCUT2D eigenvalue weighted by atomic mass is 10.1. The maximum Gasteiger partial charge on any atom is 0.319 e. The van der Waals surface area contributed by atoms with Crippen molar-refractivity contribution in [3.05, 3.63) is 64.1 Å². The lowest BCUT2D eigenvalue weighted by Gasteiger charge is -2.18. The Kier molecular flexibility index (Phi) is 5.48. The zero-order chi connectivity index (χ0) is 15.2. The van der Waals surface area contributed by atoms with Crippen molar-refractivity contribution in [3.8, 4) is 0 Å². The first kappa shape index (κ1) is 15.7. The van der Waals surface area contributed by atoms with E-state index >= 15 is 0 Å². The average Bonchev–Trinajstić information content (AvgIpc) is 2.48. The molecule has 2 aromatic carbocycles. The van der Waals surface area contributed by atoms with Gasteiger partial charge in [0.2, 0.25) is 0 Å². The molecule has 1 atom stereocenters. The predicted octanol–water partition coefficient (Wildman–Crippen LogP) is 5.27. The van der Waals surface area contributed by atoms with Crippen LogP contribution in [0.15, 0.2) is 48.5 Å². The van der Waals surface area contributed by atoms with Gasteiger partial charge in [0.25, 0.3) is 0 Å². The van der Waals surface area contributed by atoms with Gasteiger partial charge in [-0.2, -0.15) is 0 Å². The maximum absolute atomic E-state index is 12.0. The number of hydrogen-bond acceptors (Lipinski definition) is 1. The highest BCUT2D eigenvalue weighted by molar-refractivity contribution is 6.30. The highest BCUT2D eigenvalue weighted by Gasteiger charge is 2.12. The molecule has 2 aromatic rings. The number of urea groups is 1. The van der Waals surface area contributed by atoms with Crippen molar-refractivity contribution >= 4 is 34.9 Å². The summed E-state index contributed by atoms with van der Waals surface area (Å²) in [5.74, 6) is 0. The van der Waals surface area contributed by atoms with Gasteiger partial charge >= 0.3 is 6.03 Å². The Bertz CT molecular complexity index is 597. The lowest BCUT2D eigenvalue weighted by molar-refractivity contribution is 0.248. The highest BCUT2D eigenvalue weighted by Crippen LogP contribution is 2.19. The van der Waals surface area contributed by atoms with Gasteiger partial charge in [0.1, 0.15) is 0 Å². The van der Waals surface area contributed by atoms with Crippen LogP contribution in [-0.4, -0.2) is 6.03 Å². The summed E-state index contributed by atoms with van der Waals surface area (Å²) < 4.78 is 0. The third kappa shape index (κ3) is 4.66. The van der Waals surface area contributed by atoms with Crippen molar-refractivity contribution in [1.29, 1.82) is 0 Å². The fourth-order valence-corrected chi connectivity index (χ4v) is 2.23. The van der Waals surface area contributed by atoms with Gasteiger partial charge in [-0.25, -0.2) is 4.79 Å². The van der Waals surface area contributed by atoms with E-state index < -0.39 is 0 Å². The SMILES string of the molecule is CC[C@@H](NC(=O)Nc1ccc(Cl)cc1)c1ccc(Cl)cc1. The number of halogens is 2. The second kappa shape index (κ2) is 7.34. The van der Waals surface area contributed by atoms with E-state index in [1.54, 1.807) is 24.3 Å². The quantitative estimate of drug-likeness (QED) is 0.791. The molecule has 110 valence electrons. The molecular formula is C16H16Cl2N2O. The summed E-state index contributed by atoms with van der Waals surface area (Å²) in [7, 11) is 0. The average molecular weight is 323 g/mol. The standard InChI is InChI=1S/C16H16Cl2N2O/c1-2-15(11-3-5-12(17)6-4-11)20-16(21)19-14-9-7-13(18)8-10-14/h3-10,15H,2H2,1H3,(H2,19,20,21)/t15-/m1/s1. The van der Waals surface area contributed by atoms with E-state index in [1.165, 1.54) is 0 Å². The molecule has 2 rings (SSSR count). The number of carbonyl (C=O) groups is 1. The van der Waals surface area contributed by atoms with Crippen LogP contribution in [0, 0.1) is 0 Å². The Morgan fingerprint density at radius 2 is 1.52 bits per heavy atom. The van der Waals surface area contributed by atoms with Gasteiger partial charge in [0.15, 0.2) is 0 Å². The molecule has 0 saturated carbocycles. The van der Waals surface area contributed by atoms with Crippen LogP contribution in [0.4, 0.5) is 10.5 Å². The van der Waals surface area contributed by atoms with E-state index in [1.807, 2.05) is 31.2 Å². The molecule has 0 fully saturated rings. The molecule has 0 heterocycles. The Labute approximate surface area is 134 Å². The second-order valence-corrected chi connectivity index (χ2v) is 5.49. The molecule has 0 aliphatic carbocycles. The van der Waals surface area contributed by atoms with Crippen molar-refractivity contribution in [2.75, 3.05) is 5.32 Å². The maximum atomic E-state index is 12.0. The first-order valence-corrected chi connectivity index (χ1v) is 7.42. The van der Waals surface area contributed by atoms with E-state index in [4.69, 9.17) is 23.2 Å². The van der Waals surface area contributed by atoms with Gasteiger partial charge in [-0.05, 0) is 48.4 Å². The lowest BCUT2D eigenvalue weighted by Crippen LogP contribution is -2.32. The number of amides is 2. The summed E-state index contributed by atoms with van der Waals surface area (Å²) >= 11 is 11.7. The van der Waals surface area contributed by atoms with E-state index in [-0.39, 0.29) is 12.1 Å². The summed E-state index contributed by atoms with van der Waals surface area (Å²) in [4.78, 5) is 12.0. The van der Waals surface area contributed by atoms with Crippen molar-refractivity contribution in [3.63, 3.8) is 0 Å². The molecular weight excluding hydrogens is 307 g/mol. The Hall–Kier alpha value is -1.71. The summed E-state index contributed by atoms with van der Waals surface area (Å²) in [5.41, 5.74) is 1.72. The fourth-order valence-electron chi connectivity index (χ4n) is 1.97. The van der Waals surface area contributed by atoms with Crippen molar-refractivity contribution in [1.82, 2.24) is 5.32 Å². The fraction of sp³-hybridized carbons (Fsp3) is 0.188.